The number of allylic oxidation sites excluding steroid dienone is 2. The quantitative estimate of drug-likeness (QED) is 0.676. The van der Waals surface area contributed by atoms with Crippen molar-refractivity contribution in [1.29, 1.82) is 0 Å². The van der Waals surface area contributed by atoms with E-state index in [1.54, 1.807) is 0 Å². The summed E-state index contributed by atoms with van der Waals surface area (Å²) < 4.78 is 0. The molecule has 4 nitrogen and oxygen atoms in total. The number of hydrogen-bond acceptors (Lipinski definition) is 2. The molecule has 0 fully saturated rings. The maximum Gasteiger partial charge on any atom is 0.328 e. The first-order valence-electron chi connectivity index (χ1n) is 4.73. The average molecular weight is 207 g/mol. The fourth-order valence-corrected chi connectivity index (χ4v) is 1.19. The van der Waals surface area contributed by atoms with Crippen LogP contribution < -0.4 is 5.32 Å². The van der Waals surface area contributed by atoms with E-state index in [9.17, 15) is 9.59 Å². The van der Waals surface area contributed by atoms with Gasteiger partial charge in [-0.3, -0.25) is 4.79 Å². The third kappa shape index (κ3) is 4.81. The van der Waals surface area contributed by atoms with Gasteiger partial charge in [-0.1, -0.05) is 18.2 Å². The lowest BCUT2D eigenvalue weighted by molar-refractivity contribution is -0.131. The number of aliphatic carboxylic acids is 1. The SMILES string of the molecule is O=C(O)/C=C/C(=O)NCC1=CCCC=C1. The maximum absolute atomic E-state index is 11.1. The van der Waals surface area contributed by atoms with E-state index < -0.39 is 11.9 Å². The number of rotatable bonds is 4. The van der Waals surface area contributed by atoms with E-state index in [1.165, 1.54) is 0 Å². The monoisotopic (exact) mass is 207 g/mol. The molecular formula is C11H13NO3. The third-order valence-electron chi connectivity index (χ3n) is 1.92. The Kier molecular flexibility index (Phi) is 4.34. The van der Waals surface area contributed by atoms with Crippen LogP contribution in [0.3, 0.4) is 0 Å². The van der Waals surface area contributed by atoms with E-state index in [2.05, 4.69) is 17.5 Å². The molecule has 15 heavy (non-hydrogen) atoms. The number of carbonyl (C=O) groups is 2. The van der Waals surface area contributed by atoms with Crippen LogP contribution in [0.25, 0.3) is 0 Å². The number of carboxylic acids is 1. The predicted octanol–water partition coefficient (Wildman–Crippen LogP) is 1.02. The highest BCUT2D eigenvalue weighted by Gasteiger charge is 2.00. The average Bonchev–Trinajstić information content (AvgIpc) is 2.25. The minimum absolute atomic E-state index is 0.391. The van der Waals surface area contributed by atoms with Gasteiger partial charge in [-0.2, -0.15) is 0 Å². The van der Waals surface area contributed by atoms with Crippen molar-refractivity contribution in [2.45, 2.75) is 12.8 Å². The van der Waals surface area contributed by atoms with Crippen molar-refractivity contribution in [2.24, 2.45) is 0 Å². The molecule has 1 aliphatic carbocycles. The molecule has 0 spiro atoms. The highest BCUT2D eigenvalue weighted by atomic mass is 16.4. The van der Waals surface area contributed by atoms with Gasteiger partial charge in [0.15, 0.2) is 0 Å². The van der Waals surface area contributed by atoms with Crippen molar-refractivity contribution < 1.29 is 14.7 Å². The van der Waals surface area contributed by atoms with Gasteiger partial charge in [-0.25, -0.2) is 4.79 Å². The van der Waals surface area contributed by atoms with Gasteiger partial charge in [-0.05, 0) is 18.4 Å². The lowest BCUT2D eigenvalue weighted by Gasteiger charge is -2.06. The molecule has 1 aliphatic rings. The number of carbonyl (C=O) groups excluding carboxylic acids is 1. The van der Waals surface area contributed by atoms with Gasteiger partial charge in [0.25, 0.3) is 0 Å². The number of nitrogens with one attached hydrogen (secondary N) is 1. The van der Waals surface area contributed by atoms with Gasteiger partial charge in [0.05, 0.1) is 0 Å². The molecule has 0 atom stereocenters. The summed E-state index contributed by atoms with van der Waals surface area (Å²) in [7, 11) is 0. The van der Waals surface area contributed by atoms with E-state index in [0.717, 1.165) is 30.6 Å². The van der Waals surface area contributed by atoms with Crippen molar-refractivity contribution in [2.75, 3.05) is 6.54 Å². The summed E-state index contributed by atoms with van der Waals surface area (Å²) >= 11 is 0. The fourth-order valence-electron chi connectivity index (χ4n) is 1.19. The first kappa shape index (κ1) is 11.2. The molecule has 0 aromatic carbocycles. The van der Waals surface area contributed by atoms with Crippen LogP contribution in [-0.4, -0.2) is 23.5 Å². The van der Waals surface area contributed by atoms with Gasteiger partial charge >= 0.3 is 5.97 Å². The Morgan fingerprint density at radius 3 is 2.80 bits per heavy atom. The lowest BCUT2D eigenvalue weighted by atomic mass is 10.1. The summed E-state index contributed by atoms with van der Waals surface area (Å²) in [5.41, 5.74) is 1.05. The lowest BCUT2D eigenvalue weighted by Crippen LogP contribution is -2.23. The van der Waals surface area contributed by atoms with Crippen molar-refractivity contribution in [1.82, 2.24) is 5.32 Å². The van der Waals surface area contributed by atoms with Crippen LogP contribution in [-0.2, 0) is 9.59 Å². The van der Waals surface area contributed by atoms with Crippen LogP contribution in [0.15, 0.2) is 36.0 Å². The third-order valence-corrected chi connectivity index (χ3v) is 1.92. The molecule has 0 aliphatic heterocycles. The van der Waals surface area contributed by atoms with Crippen LogP contribution in [0.1, 0.15) is 12.8 Å². The fraction of sp³-hybridized carbons (Fsp3) is 0.273. The minimum Gasteiger partial charge on any atom is -0.478 e. The van der Waals surface area contributed by atoms with Crippen LogP contribution in [0.4, 0.5) is 0 Å². The molecule has 1 amide bonds. The summed E-state index contributed by atoms with van der Waals surface area (Å²) in [6.45, 7) is 0.444. The second-order valence-corrected chi connectivity index (χ2v) is 3.15. The second kappa shape index (κ2) is 5.80. The molecule has 0 heterocycles. The van der Waals surface area contributed by atoms with Crippen LogP contribution in [0.2, 0.25) is 0 Å². The Bertz CT molecular complexity index is 340. The maximum atomic E-state index is 11.1. The molecule has 0 saturated carbocycles. The largest absolute Gasteiger partial charge is 0.478 e. The van der Waals surface area contributed by atoms with Crippen LogP contribution in [0, 0.1) is 0 Å². The molecule has 0 unspecified atom stereocenters. The van der Waals surface area contributed by atoms with Gasteiger partial charge in [-0.15, -0.1) is 0 Å². The molecular weight excluding hydrogens is 194 g/mol. The molecule has 2 N–H and O–H groups in total. The Morgan fingerprint density at radius 1 is 1.40 bits per heavy atom. The zero-order valence-electron chi connectivity index (χ0n) is 8.27. The highest BCUT2D eigenvalue weighted by Crippen LogP contribution is 2.07. The van der Waals surface area contributed by atoms with Gasteiger partial charge in [0, 0.05) is 18.7 Å². The zero-order chi connectivity index (χ0) is 11.1. The topological polar surface area (TPSA) is 66.4 Å². The molecule has 0 radical (unpaired) electrons. The predicted molar refractivity (Wildman–Crippen MR) is 56.2 cm³/mol. The van der Waals surface area contributed by atoms with E-state index in [1.807, 2.05) is 6.08 Å². The summed E-state index contributed by atoms with van der Waals surface area (Å²) in [5, 5.41) is 10.9. The molecule has 4 heteroatoms. The Labute approximate surface area is 88.0 Å². The van der Waals surface area contributed by atoms with E-state index in [0.29, 0.717) is 6.54 Å². The van der Waals surface area contributed by atoms with Gasteiger partial charge in [0.1, 0.15) is 0 Å². The summed E-state index contributed by atoms with van der Waals surface area (Å²) in [5.74, 6) is -1.51. The van der Waals surface area contributed by atoms with Gasteiger partial charge in [0.2, 0.25) is 5.91 Å². The normalized spacial score (nSPS) is 15.1. The van der Waals surface area contributed by atoms with E-state index >= 15 is 0 Å². The van der Waals surface area contributed by atoms with Crippen LogP contribution >= 0.6 is 0 Å². The number of carboxylic acid groups (broad SMARTS) is 1. The summed E-state index contributed by atoms with van der Waals surface area (Å²) in [4.78, 5) is 21.2. The first-order chi connectivity index (χ1) is 7.18. The molecule has 80 valence electrons. The highest BCUT2D eigenvalue weighted by molar-refractivity contribution is 5.93. The zero-order valence-corrected chi connectivity index (χ0v) is 8.27. The smallest absolute Gasteiger partial charge is 0.328 e. The number of hydrogen-bond donors (Lipinski definition) is 2. The Morgan fingerprint density at radius 2 is 2.20 bits per heavy atom. The Hall–Kier alpha value is -1.84. The van der Waals surface area contributed by atoms with Crippen molar-refractivity contribution in [3.63, 3.8) is 0 Å². The van der Waals surface area contributed by atoms with Gasteiger partial charge < -0.3 is 10.4 Å². The first-order valence-corrected chi connectivity index (χ1v) is 4.73. The van der Waals surface area contributed by atoms with Crippen LogP contribution in [0.5, 0.6) is 0 Å². The molecule has 0 saturated heterocycles. The number of amides is 1. The summed E-state index contributed by atoms with van der Waals surface area (Å²) in [6.07, 6.45) is 9.93. The van der Waals surface area contributed by atoms with Crippen molar-refractivity contribution in [3.05, 3.63) is 36.0 Å². The second-order valence-electron chi connectivity index (χ2n) is 3.15. The Balaban J connectivity index is 2.31. The van der Waals surface area contributed by atoms with Crippen molar-refractivity contribution in [3.8, 4) is 0 Å². The van der Waals surface area contributed by atoms with E-state index in [4.69, 9.17) is 5.11 Å². The molecule has 0 aromatic heterocycles. The molecule has 0 bridgehead atoms. The standard InChI is InChI=1S/C11H13NO3/c13-10(6-7-11(14)15)12-8-9-4-2-1-3-5-9/h2,4-7H,1,3,8H2,(H,12,13)(H,14,15)/b7-6+. The molecule has 1 rings (SSSR count). The molecule has 0 aromatic rings. The summed E-state index contributed by atoms with van der Waals surface area (Å²) in [6, 6.07) is 0. The van der Waals surface area contributed by atoms with E-state index in [-0.39, 0.29) is 0 Å². The van der Waals surface area contributed by atoms with Crippen molar-refractivity contribution >= 4 is 11.9 Å². The minimum atomic E-state index is -1.12.